The number of hydrogen-bond donors (Lipinski definition) is 1. The minimum atomic E-state index is -0.488. The second kappa shape index (κ2) is 6.00. The van der Waals surface area contributed by atoms with Gasteiger partial charge in [0.15, 0.2) is 0 Å². The van der Waals surface area contributed by atoms with Gasteiger partial charge in [0.2, 0.25) is 0 Å². The standard InChI is InChI=1S/C14H11IN2O3/c1-9-10(5-4-8-13(9)17(19)20)14(18)16-12-7-3-2-6-11(12)15/h2-8H,1H3,(H,16,18). The first-order valence-electron chi connectivity index (χ1n) is 5.80. The van der Waals surface area contributed by atoms with Crippen molar-refractivity contribution >= 4 is 39.9 Å². The van der Waals surface area contributed by atoms with E-state index in [9.17, 15) is 14.9 Å². The molecule has 0 aliphatic heterocycles. The Kier molecular flexibility index (Phi) is 4.33. The van der Waals surface area contributed by atoms with E-state index in [2.05, 4.69) is 27.9 Å². The van der Waals surface area contributed by atoms with Crippen molar-refractivity contribution in [3.8, 4) is 0 Å². The molecule has 2 aromatic rings. The Bertz CT molecular complexity index is 686. The van der Waals surface area contributed by atoms with E-state index in [0.717, 1.165) is 3.57 Å². The zero-order valence-electron chi connectivity index (χ0n) is 10.6. The number of benzene rings is 2. The van der Waals surface area contributed by atoms with Gasteiger partial charge in [-0.1, -0.05) is 18.2 Å². The molecule has 0 radical (unpaired) electrons. The van der Waals surface area contributed by atoms with Gasteiger partial charge in [0, 0.05) is 20.8 Å². The van der Waals surface area contributed by atoms with Crippen LogP contribution in [-0.2, 0) is 0 Å². The maximum atomic E-state index is 12.2. The van der Waals surface area contributed by atoms with Crippen LogP contribution in [0.15, 0.2) is 42.5 Å². The molecule has 0 aliphatic carbocycles. The van der Waals surface area contributed by atoms with Crippen LogP contribution < -0.4 is 5.32 Å². The van der Waals surface area contributed by atoms with Crippen molar-refractivity contribution in [2.45, 2.75) is 6.92 Å². The molecule has 5 nitrogen and oxygen atoms in total. The fourth-order valence-electron chi connectivity index (χ4n) is 1.82. The molecule has 0 saturated carbocycles. The number of carbonyl (C=O) groups is 1. The van der Waals surface area contributed by atoms with Crippen molar-refractivity contribution in [3.05, 3.63) is 67.3 Å². The highest BCUT2D eigenvalue weighted by atomic mass is 127. The lowest BCUT2D eigenvalue weighted by Gasteiger charge is -2.09. The van der Waals surface area contributed by atoms with E-state index < -0.39 is 4.92 Å². The van der Waals surface area contributed by atoms with E-state index in [1.807, 2.05) is 18.2 Å². The van der Waals surface area contributed by atoms with Gasteiger partial charge < -0.3 is 5.32 Å². The summed E-state index contributed by atoms with van der Waals surface area (Å²) >= 11 is 2.12. The second-order valence-corrected chi connectivity index (χ2v) is 5.30. The van der Waals surface area contributed by atoms with Crippen LogP contribution in [0.4, 0.5) is 11.4 Å². The van der Waals surface area contributed by atoms with E-state index in [0.29, 0.717) is 16.8 Å². The molecule has 2 rings (SSSR count). The van der Waals surface area contributed by atoms with Crippen LogP contribution in [0.3, 0.4) is 0 Å². The van der Waals surface area contributed by atoms with E-state index >= 15 is 0 Å². The summed E-state index contributed by atoms with van der Waals surface area (Å²) in [6, 6.07) is 11.8. The molecular weight excluding hydrogens is 371 g/mol. The molecule has 0 aliphatic rings. The molecule has 2 aromatic carbocycles. The Hall–Kier alpha value is -1.96. The molecule has 6 heteroatoms. The number of nitrogens with one attached hydrogen (secondary N) is 1. The minimum absolute atomic E-state index is 0.0552. The van der Waals surface area contributed by atoms with E-state index in [-0.39, 0.29) is 11.6 Å². The lowest BCUT2D eigenvalue weighted by Crippen LogP contribution is -2.14. The highest BCUT2D eigenvalue weighted by molar-refractivity contribution is 14.1. The van der Waals surface area contributed by atoms with Gasteiger partial charge in [-0.3, -0.25) is 14.9 Å². The molecule has 0 aromatic heterocycles. The van der Waals surface area contributed by atoms with Crippen molar-refractivity contribution in [1.82, 2.24) is 0 Å². The predicted octanol–water partition coefficient (Wildman–Crippen LogP) is 3.76. The minimum Gasteiger partial charge on any atom is -0.321 e. The zero-order valence-corrected chi connectivity index (χ0v) is 12.7. The number of nitro benzene ring substituents is 1. The van der Waals surface area contributed by atoms with Gasteiger partial charge in [0.25, 0.3) is 11.6 Å². The highest BCUT2D eigenvalue weighted by Crippen LogP contribution is 2.23. The van der Waals surface area contributed by atoms with Gasteiger partial charge in [-0.05, 0) is 47.7 Å². The van der Waals surface area contributed by atoms with Crippen LogP contribution >= 0.6 is 22.6 Å². The number of nitrogens with zero attached hydrogens (tertiary/aromatic N) is 1. The van der Waals surface area contributed by atoms with Crippen LogP contribution in [-0.4, -0.2) is 10.8 Å². The van der Waals surface area contributed by atoms with E-state index in [4.69, 9.17) is 0 Å². The molecule has 0 atom stereocenters. The van der Waals surface area contributed by atoms with Crippen molar-refractivity contribution in [2.75, 3.05) is 5.32 Å². The van der Waals surface area contributed by atoms with Crippen LogP contribution in [0.25, 0.3) is 0 Å². The first-order chi connectivity index (χ1) is 9.50. The molecule has 0 bridgehead atoms. The average molecular weight is 382 g/mol. The summed E-state index contributed by atoms with van der Waals surface area (Å²) in [5.41, 5.74) is 1.30. The Morgan fingerprint density at radius 3 is 2.55 bits per heavy atom. The average Bonchev–Trinajstić information content (AvgIpc) is 2.41. The normalized spacial score (nSPS) is 10.1. The van der Waals surface area contributed by atoms with Crippen molar-refractivity contribution < 1.29 is 9.72 Å². The largest absolute Gasteiger partial charge is 0.321 e. The third-order valence-corrected chi connectivity index (χ3v) is 3.81. The maximum absolute atomic E-state index is 12.2. The molecule has 0 fully saturated rings. The fourth-order valence-corrected chi connectivity index (χ4v) is 2.34. The SMILES string of the molecule is Cc1c(C(=O)Nc2ccccc2I)cccc1[N+](=O)[O-]. The molecule has 0 saturated heterocycles. The molecule has 0 heterocycles. The predicted molar refractivity (Wildman–Crippen MR) is 84.9 cm³/mol. The fraction of sp³-hybridized carbons (Fsp3) is 0.0714. The topological polar surface area (TPSA) is 72.2 Å². The number of carbonyl (C=O) groups excluding carboxylic acids is 1. The Morgan fingerprint density at radius 1 is 1.20 bits per heavy atom. The van der Waals surface area contributed by atoms with Gasteiger partial charge in [-0.2, -0.15) is 0 Å². The molecule has 1 N–H and O–H groups in total. The third-order valence-electron chi connectivity index (χ3n) is 2.87. The molecular formula is C14H11IN2O3. The third kappa shape index (κ3) is 2.96. The number of halogens is 1. The summed E-state index contributed by atoms with van der Waals surface area (Å²) in [4.78, 5) is 22.6. The zero-order chi connectivity index (χ0) is 14.7. The van der Waals surface area contributed by atoms with Gasteiger partial charge >= 0.3 is 0 Å². The van der Waals surface area contributed by atoms with Crippen molar-refractivity contribution in [3.63, 3.8) is 0 Å². The summed E-state index contributed by atoms with van der Waals surface area (Å²) in [6.45, 7) is 1.57. The summed E-state index contributed by atoms with van der Waals surface area (Å²) in [6.07, 6.45) is 0. The van der Waals surface area contributed by atoms with Crippen molar-refractivity contribution in [1.29, 1.82) is 0 Å². The number of hydrogen-bond acceptors (Lipinski definition) is 3. The smallest absolute Gasteiger partial charge is 0.273 e. The second-order valence-electron chi connectivity index (χ2n) is 4.14. The first-order valence-corrected chi connectivity index (χ1v) is 6.88. The van der Waals surface area contributed by atoms with E-state index in [1.54, 1.807) is 19.1 Å². The Labute approximate surface area is 129 Å². The Morgan fingerprint density at radius 2 is 1.90 bits per heavy atom. The summed E-state index contributed by atoms with van der Waals surface area (Å²) in [5, 5.41) is 13.6. The number of amides is 1. The summed E-state index contributed by atoms with van der Waals surface area (Å²) in [5.74, 6) is -0.352. The van der Waals surface area contributed by atoms with Gasteiger partial charge in [0.1, 0.15) is 0 Å². The molecule has 1 amide bonds. The van der Waals surface area contributed by atoms with Gasteiger partial charge in [-0.25, -0.2) is 0 Å². The number of rotatable bonds is 3. The van der Waals surface area contributed by atoms with Crippen LogP contribution in [0, 0.1) is 20.6 Å². The van der Waals surface area contributed by atoms with Gasteiger partial charge in [-0.15, -0.1) is 0 Å². The maximum Gasteiger partial charge on any atom is 0.273 e. The lowest BCUT2D eigenvalue weighted by molar-refractivity contribution is -0.385. The molecule has 0 unspecified atom stereocenters. The number of anilines is 1. The summed E-state index contributed by atoms with van der Waals surface area (Å²) in [7, 11) is 0. The molecule has 102 valence electrons. The van der Waals surface area contributed by atoms with Gasteiger partial charge in [0.05, 0.1) is 10.6 Å². The number of nitro groups is 1. The quantitative estimate of drug-likeness (QED) is 0.499. The van der Waals surface area contributed by atoms with Crippen LogP contribution in [0.5, 0.6) is 0 Å². The monoisotopic (exact) mass is 382 g/mol. The molecule has 0 spiro atoms. The lowest BCUT2D eigenvalue weighted by atomic mass is 10.1. The van der Waals surface area contributed by atoms with Crippen LogP contribution in [0.1, 0.15) is 15.9 Å². The van der Waals surface area contributed by atoms with E-state index in [1.165, 1.54) is 12.1 Å². The van der Waals surface area contributed by atoms with Crippen molar-refractivity contribution in [2.24, 2.45) is 0 Å². The first kappa shape index (κ1) is 14.4. The molecule has 20 heavy (non-hydrogen) atoms. The van der Waals surface area contributed by atoms with Crippen LogP contribution in [0.2, 0.25) is 0 Å². The summed E-state index contributed by atoms with van der Waals surface area (Å²) < 4.78 is 0.904. The highest BCUT2D eigenvalue weighted by Gasteiger charge is 2.18. The number of para-hydroxylation sites is 1. The Balaban J connectivity index is 2.33.